The average Bonchev–Trinajstić information content (AvgIpc) is 3.22. The fourth-order valence-electron chi connectivity index (χ4n) is 3.46. The summed E-state index contributed by atoms with van der Waals surface area (Å²) in [6.45, 7) is 0.603. The number of carbonyl (C=O) groups excluding carboxylic acids is 1. The number of pyridine rings is 3. The summed E-state index contributed by atoms with van der Waals surface area (Å²) in [4.78, 5) is 25.7. The van der Waals surface area contributed by atoms with Crippen LogP contribution in [0.4, 0.5) is 5.82 Å². The van der Waals surface area contributed by atoms with Gasteiger partial charge in [-0.3, -0.25) is 19.4 Å². The van der Waals surface area contributed by atoms with Gasteiger partial charge in [-0.15, -0.1) is 0 Å². The van der Waals surface area contributed by atoms with Crippen molar-refractivity contribution < 1.29 is 4.79 Å². The quantitative estimate of drug-likeness (QED) is 0.459. The second-order valence-corrected chi connectivity index (χ2v) is 7.16. The topological polar surface area (TPSA) is 112 Å². The summed E-state index contributed by atoms with van der Waals surface area (Å²) in [7, 11) is 1.86. The maximum atomic E-state index is 12.4. The number of amides is 1. The zero-order chi connectivity index (χ0) is 21.6. The van der Waals surface area contributed by atoms with Crippen LogP contribution in [0.25, 0.3) is 11.3 Å². The van der Waals surface area contributed by atoms with E-state index in [4.69, 9.17) is 10.7 Å². The van der Waals surface area contributed by atoms with Crippen LogP contribution in [0.2, 0.25) is 0 Å². The second-order valence-electron chi connectivity index (χ2n) is 7.16. The number of rotatable bonds is 8. The highest BCUT2D eigenvalue weighted by Crippen LogP contribution is 2.31. The maximum absolute atomic E-state index is 12.4. The highest BCUT2D eigenvalue weighted by molar-refractivity contribution is 5.87. The average molecular weight is 413 g/mol. The van der Waals surface area contributed by atoms with Crippen LogP contribution in [0.15, 0.2) is 73.4 Å². The number of aryl methyl sites for hydroxylation is 1. The van der Waals surface area contributed by atoms with E-state index in [1.807, 2.05) is 49.6 Å². The van der Waals surface area contributed by atoms with Crippen LogP contribution in [0.3, 0.4) is 0 Å². The van der Waals surface area contributed by atoms with Crippen molar-refractivity contribution >= 4 is 11.7 Å². The van der Waals surface area contributed by atoms with E-state index >= 15 is 0 Å². The van der Waals surface area contributed by atoms with Gasteiger partial charge in [0.15, 0.2) is 0 Å². The Labute approximate surface area is 180 Å². The minimum atomic E-state index is -0.665. The number of hydrogen-bond donors (Lipinski definition) is 2. The molecule has 0 aliphatic heterocycles. The van der Waals surface area contributed by atoms with Gasteiger partial charge in [-0.1, -0.05) is 18.2 Å². The van der Waals surface area contributed by atoms with E-state index < -0.39 is 11.8 Å². The van der Waals surface area contributed by atoms with Crippen molar-refractivity contribution in [2.75, 3.05) is 11.9 Å². The van der Waals surface area contributed by atoms with E-state index in [0.29, 0.717) is 24.3 Å². The molecule has 8 nitrogen and oxygen atoms in total. The second kappa shape index (κ2) is 9.17. The highest BCUT2D eigenvalue weighted by Gasteiger charge is 2.25. The molecule has 31 heavy (non-hydrogen) atoms. The van der Waals surface area contributed by atoms with Crippen LogP contribution in [0.5, 0.6) is 0 Å². The molecule has 8 heteroatoms. The van der Waals surface area contributed by atoms with Crippen molar-refractivity contribution in [3.8, 4) is 11.3 Å². The largest absolute Gasteiger partial charge is 0.369 e. The molecule has 0 bridgehead atoms. The lowest BCUT2D eigenvalue weighted by Gasteiger charge is -2.19. The van der Waals surface area contributed by atoms with E-state index in [9.17, 15) is 4.79 Å². The molecule has 0 aromatic carbocycles. The number of hydrogen-bond acceptors (Lipinski definition) is 6. The smallest absolute Gasteiger partial charge is 0.229 e. The Morgan fingerprint density at radius 3 is 2.71 bits per heavy atom. The van der Waals surface area contributed by atoms with Crippen molar-refractivity contribution in [1.29, 1.82) is 0 Å². The van der Waals surface area contributed by atoms with Crippen molar-refractivity contribution in [2.24, 2.45) is 12.8 Å². The predicted octanol–water partition coefficient (Wildman–Crippen LogP) is 2.54. The van der Waals surface area contributed by atoms with E-state index in [1.54, 1.807) is 35.5 Å². The fraction of sp³-hybridized carbons (Fsp3) is 0.174. The monoisotopic (exact) mass is 413 g/mol. The molecule has 0 fully saturated rings. The number of anilines is 1. The van der Waals surface area contributed by atoms with Crippen LogP contribution in [-0.4, -0.2) is 37.2 Å². The standard InChI is InChI=1S/C23H23N7O/c1-30-15-17(14-28-30)20-8-7-19(21(22(24)31)16-5-4-10-25-13-16)23(29-20)27-12-9-18-6-2-3-11-26-18/h2-8,10-11,13-15,21H,9,12H2,1H3,(H2,24,31)(H,27,29). The molecule has 0 saturated carbocycles. The molecule has 1 amide bonds. The normalized spacial score (nSPS) is 11.8. The molecule has 4 aromatic heterocycles. The van der Waals surface area contributed by atoms with E-state index in [0.717, 1.165) is 22.5 Å². The van der Waals surface area contributed by atoms with Crippen LogP contribution in [0, 0.1) is 0 Å². The van der Waals surface area contributed by atoms with E-state index in [-0.39, 0.29) is 0 Å². The number of nitrogens with zero attached hydrogens (tertiary/aromatic N) is 5. The van der Waals surface area contributed by atoms with Crippen molar-refractivity contribution in [3.63, 3.8) is 0 Å². The third kappa shape index (κ3) is 4.75. The van der Waals surface area contributed by atoms with Crippen molar-refractivity contribution in [1.82, 2.24) is 24.7 Å². The first-order valence-electron chi connectivity index (χ1n) is 9.95. The van der Waals surface area contributed by atoms with Crippen LogP contribution >= 0.6 is 0 Å². The number of aromatic nitrogens is 5. The molecule has 0 spiro atoms. The van der Waals surface area contributed by atoms with Gasteiger partial charge in [0.1, 0.15) is 5.82 Å². The minimum absolute atomic E-state index is 0.461. The Bertz CT molecular complexity index is 1160. The van der Waals surface area contributed by atoms with E-state index in [1.165, 1.54) is 0 Å². The zero-order valence-electron chi connectivity index (χ0n) is 17.1. The highest BCUT2D eigenvalue weighted by atomic mass is 16.1. The third-order valence-corrected chi connectivity index (χ3v) is 4.94. The molecular formula is C23H23N7O. The summed E-state index contributed by atoms with van der Waals surface area (Å²) in [5.74, 6) is -0.525. The molecule has 156 valence electrons. The number of primary amides is 1. The Kier molecular flexibility index (Phi) is 5.98. The van der Waals surface area contributed by atoms with Gasteiger partial charge in [0.2, 0.25) is 5.91 Å². The molecule has 0 saturated heterocycles. The number of nitrogens with two attached hydrogens (primary N) is 1. The van der Waals surface area contributed by atoms with Gasteiger partial charge < -0.3 is 11.1 Å². The Hall–Kier alpha value is -4.07. The molecule has 0 radical (unpaired) electrons. The Morgan fingerprint density at radius 2 is 2.03 bits per heavy atom. The predicted molar refractivity (Wildman–Crippen MR) is 118 cm³/mol. The molecular weight excluding hydrogens is 390 g/mol. The first kappa shape index (κ1) is 20.2. The zero-order valence-corrected chi connectivity index (χ0v) is 17.1. The molecule has 4 heterocycles. The van der Waals surface area contributed by atoms with Crippen molar-refractivity contribution in [2.45, 2.75) is 12.3 Å². The summed E-state index contributed by atoms with van der Waals surface area (Å²) < 4.78 is 1.72. The number of nitrogens with one attached hydrogen (secondary N) is 1. The molecule has 3 N–H and O–H groups in total. The molecule has 0 aliphatic carbocycles. The molecule has 4 rings (SSSR count). The summed E-state index contributed by atoms with van der Waals surface area (Å²) in [6, 6.07) is 13.2. The molecule has 1 unspecified atom stereocenters. The Balaban J connectivity index is 1.69. The lowest BCUT2D eigenvalue weighted by atomic mass is 9.91. The van der Waals surface area contributed by atoms with Crippen LogP contribution in [0.1, 0.15) is 22.7 Å². The van der Waals surface area contributed by atoms with Gasteiger partial charge in [0.25, 0.3) is 0 Å². The van der Waals surface area contributed by atoms with Gasteiger partial charge in [0, 0.05) is 61.6 Å². The molecule has 1 atom stereocenters. The molecule has 0 aliphatic rings. The first-order valence-corrected chi connectivity index (χ1v) is 9.95. The summed E-state index contributed by atoms with van der Waals surface area (Å²) in [6.07, 6.45) is 9.46. The number of carbonyl (C=O) groups is 1. The summed E-state index contributed by atoms with van der Waals surface area (Å²) in [5, 5.41) is 7.60. The summed E-state index contributed by atoms with van der Waals surface area (Å²) >= 11 is 0. The lowest BCUT2D eigenvalue weighted by Crippen LogP contribution is -2.24. The SMILES string of the molecule is Cn1cc(-c2ccc(C(C(N)=O)c3cccnc3)c(NCCc3ccccn3)n2)cn1. The fourth-order valence-corrected chi connectivity index (χ4v) is 3.46. The Morgan fingerprint density at radius 1 is 1.13 bits per heavy atom. The van der Waals surface area contributed by atoms with Gasteiger partial charge >= 0.3 is 0 Å². The maximum Gasteiger partial charge on any atom is 0.229 e. The van der Waals surface area contributed by atoms with Gasteiger partial charge in [0.05, 0.1) is 17.8 Å². The van der Waals surface area contributed by atoms with E-state index in [2.05, 4.69) is 20.4 Å². The van der Waals surface area contributed by atoms with Crippen LogP contribution < -0.4 is 11.1 Å². The van der Waals surface area contributed by atoms with Gasteiger partial charge in [-0.2, -0.15) is 5.10 Å². The van der Waals surface area contributed by atoms with Crippen molar-refractivity contribution in [3.05, 3.63) is 90.3 Å². The lowest BCUT2D eigenvalue weighted by molar-refractivity contribution is -0.118. The van der Waals surface area contributed by atoms with Crippen LogP contribution in [-0.2, 0) is 18.3 Å². The molecule has 4 aromatic rings. The minimum Gasteiger partial charge on any atom is -0.369 e. The first-order chi connectivity index (χ1) is 15.1. The third-order valence-electron chi connectivity index (χ3n) is 4.94. The van der Waals surface area contributed by atoms with Gasteiger partial charge in [-0.05, 0) is 29.8 Å². The summed E-state index contributed by atoms with van der Waals surface area (Å²) in [5.41, 5.74) is 9.84. The van der Waals surface area contributed by atoms with Gasteiger partial charge in [-0.25, -0.2) is 4.98 Å².